The molecule has 3 rings (SSSR count). The molecule has 1 unspecified atom stereocenters. The Morgan fingerprint density at radius 3 is 2.70 bits per heavy atom. The molecule has 1 saturated heterocycles. The zero-order valence-electron chi connectivity index (χ0n) is 15.3. The molecule has 0 bridgehead atoms. The van der Waals surface area contributed by atoms with Crippen LogP contribution in [-0.4, -0.2) is 38.0 Å². The van der Waals surface area contributed by atoms with Crippen molar-refractivity contribution < 1.29 is 13.2 Å². The van der Waals surface area contributed by atoms with E-state index in [1.807, 2.05) is 60.9 Å². The van der Waals surface area contributed by atoms with E-state index in [2.05, 4.69) is 5.32 Å². The van der Waals surface area contributed by atoms with Gasteiger partial charge in [-0.05, 0) is 42.9 Å². The molecule has 1 aliphatic rings. The third-order valence-electron chi connectivity index (χ3n) is 4.68. The number of nitrogens with one attached hydrogen (secondary N) is 1. The standard InChI is InChI=1S/C20H24N2O3S2/c1-26-19-11-5-10-18(13-19)21-20(23)17-9-6-12-22(14-17)27(24,25)15-16-7-3-2-4-8-16/h2-5,7-8,10-11,13,17H,6,9,12,14-15H2,1H3,(H,21,23). The van der Waals surface area contributed by atoms with Gasteiger partial charge in [0, 0.05) is 23.7 Å². The molecule has 2 aromatic rings. The van der Waals surface area contributed by atoms with Crippen LogP contribution in [-0.2, 0) is 20.6 Å². The Morgan fingerprint density at radius 1 is 1.19 bits per heavy atom. The highest BCUT2D eigenvalue weighted by molar-refractivity contribution is 7.98. The Morgan fingerprint density at radius 2 is 1.96 bits per heavy atom. The van der Waals surface area contributed by atoms with Crippen LogP contribution in [0.3, 0.4) is 0 Å². The van der Waals surface area contributed by atoms with Crippen LogP contribution in [0.1, 0.15) is 18.4 Å². The monoisotopic (exact) mass is 404 g/mol. The second-order valence-electron chi connectivity index (χ2n) is 6.66. The number of sulfonamides is 1. The van der Waals surface area contributed by atoms with Gasteiger partial charge in [-0.15, -0.1) is 11.8 Å². The van der Waals surface area contributed by atoms with Crippen molar-refractivity contribution in [1.82, 2.24) is 4.31 Å². The number of carbonyl (C=O) groups excluding carboxylic acids is 1. The second-order valence-corrected chi connectivity index (χ2v) is 9.51. The highest BCUT2D eigenvalue weighted by Crippen LogP contribution is 2.24. The summed E-state index contributed by atoms with van der Waals surface area (Å²) in [6.07, 6.45) is 3.37. The summed E-state index contributed by atoms with van der Waals surface area (Å²) in [6.45, 7) is 0.712. The van der Waals surface area contributed by atoms with E-state index in [-0.39, 0.29) is 24.1 Å². The number of carbonyl (C=O) groups is 1. The number of hydrogen-bond acceptors (Lipinski definition) is 4. The minimum Gasteiger partial charge on any atom is -0.326 e. The topological polar surface area (TPSA) is 66.5 Å². The number of amides is 1. The van der Waals surface area contributed by atoms with E-state index < -0.39 is 10.0 Å². The number of hydrogen-bond donors (Lipinski definition) is 1. The largest absolute Gasteiger partial charge is 0.326 e. The van der Waals surface area contributed by atoms with Crippen molar-refractivity contribution in [3.8, 4) is 0 Å². The van der Waals surface area contributed by atoms with Crippen molar-refractivity contribution >= 4 is 33.4 Å². The highest BCUT2D eigenvalue weighted by Gasteiger charge is 2.32. The average molecular weight is 405 g/mol. The third-order valence-corrected chi connectivity index (χ3v) is 7.22. The smallest absolute Gasteiger partial charge is 0.228 e. The fourth-order valence-electron chi connectivity index (χ4n) is 3.23. The van der Waals surface area contributed by atoms with Gasteiger partial charge in [-0.3, -0.25) is 4.79 Å². The van der Waals surface area contributed by atoms with Crippen molar-refractivity contribution in [2.24, 2.45) is 5.92 Å². The molecule has 1 N–H and O–H groups in total. The predicted octanol–water partition coefficient (Wildman–Crippen LogP) is 3.59. The zero-order valence-corrected chi connectivity index (χ0v) is 16.9. The maximum atomic E-state index is 12.8. The summed E-state index contributed by atoms with van der Waals surface area (Å²) in [6, 6.07) is 16.8. The van der Waals surface area contributed by atoms with E-state index >= 15 is 0 Å². The fourth-order valence-corrected chi connectivity index (χ4v) is 5.30. The average Bonchev–Trinajstić information content (AvgIpc) is 2.68. The first kappa shape index (κ1) is 19.9. The number of piperidine rings is 1. The first-order valence-corrected chi connectivity index (χ1v) is 11.8. The summed E-state index contributed by atoms with van der Waals surface area (Å²) in [7, 11) is -3.44. The van der Waals surface area contributed by atoms with Crippen molar-refractivity contribution in [3.63, 3.8) is 0 Å². The van der Waals surface area contributed by atoms with Gasteiger partial charge in [0.2, 0.25) is 15.9 Å². The molecule has 0 radical (unpaired) electrons. The molecule has 2 aromatic carbocycles. The van der Waals surface area contributed by atoms with Gasteiger partial charge < -0.3 is 5.32 Å². The van der Waals surface area contributed by atoms with Gasteiger partial charge in [-0.25, -0.2) is 12.7 Å². The quantitative estimate of drug-likeness (QED) is 0.747. The molecule has 7 heteroatoms. The SMILES string of the molecule is CSc1cccc(NC(=O)C2CCCN(S(=O)(=O)Cc3ccccc3)C2)c1. The van der Waals surface area contributed by atoms with Crippen LogP contribution in [0.15, 0.2) is 59.5 Å². The van der Waals surface area contributed by atoms with Crippen LogP contribution in [0.5, 0.6) is 0 Å². The van der Waals surface area contributed by atoms with Crippen LogP contribution in [0.25, 0.3) is 0 Å². The number of thioether (sulfide) groups is 1. The minimum atomic E-state index is -3.44. The van der Waals surface area contributed by atoms with Gasteiger partial charge in [-0.2, -0.15) is 0 Å². The summed E-state index contributed by atoms with van der Waals surface area (Å²) in [4.78, 5) is 13.7. The normalized spacial score (nSPS) is 18.2. The molecule has 1 fully saturated rings. The molecule has 1 atom stereocenters. The molecule has 0 aromatic heterocycles. The van der Waals surface area contributed by atoms with E-state index in [0.717, 1.165) is 16.1 Å². The number of nitrogens with zero attached hydrogens (tertiary/aromatic N) is 1. The predicted molar refractivity (Wildman–Crippen MR) is 110 cm³/mol. The first-order valence-electron chi connectivity index (χ1n) is 8.94. The maximum Gasteiger partial charge on any atom is 0.228 e. The molecule has 27 heavy (non-hydrogen) atoms. The van der Waals surface area contributed by atoms with E-state index in [4.69, 9.17) is 0 Å². The highest BCUT2D eigenvalue weighted by atomic mass is 32.2. The summed E-state index contributed by atoms with van der Waals surface area (Å²) in [5, 5.41) is 2.93. The summed E-state index contributed by atoms with van der Waals surface area (Å²) < 4.78 is 27.0. The first-order chi connectivity index (χ1) is 13.0. The van der Waals surface area contributed by atoms with Crippen LogP contribution in [0.2, 0.25) is 0 Å². The molecular formula is C20H24N2O3S2. The Hall–Kier alpha value is -1.83. The van der Waals surface area contributed by atoms with E-state index in [0.29, 0.717) is 19.4 Å². The Balaban J connectivity index is 1.65. The molecule has 5 nitrogen and oxygen atoms in total. The van der Waals surface area contributed by atoms with Crippen molar-refractivity contribution in [3.05, 3.63) is 60.2 Å². The molecule has 0 saturated carbocycles. The van der Waals surface area contributed by atoms with Gasteiger partial charge in [0.15, 0.2) is 0 Å². The summed E-state index contributed by atoms with van der Waals surface area (Å²) >= 11 is 1.61. The lowest BCUT2D eigenvalue weighted by atomic mass is 9.99. The Bertz CT molecular complexity index is 885. The number of anilines is 1. The van der Waals surface area contributed by atoms with E-state index in [1.54, 1.807) is 11.8 Å². The molecule has 144 valence electrons. The maximum absolute atomic E-state index is 12.8. The molecule has 0 spiro atoms. The van der Waals surface area contributed by atoms with Crippen molar-refractivity contribution in [2.45, 2.75) is 23.5 Å². The van der Waals surface area contributed by atoms with E-state index in [1.165, 1.54) is 4.31 Å². The van der Waals surface area contributed by atoms with Crippen molar-refractivity contribution in [2.75, 3.05) is 24.7 Å². The van der Waals surface area contributed by atoms with Gasteiger partial charge in [0.1, 0.15) is 0 Å². The van der Waals surface area contributed by atoms with Gasteiger partial charge in [-0.1, -0.05) is 36.4 Å². The lowest BCUT2D eigenvalue weighted by Crippen LogP contribution is -2.44. The van der Waals surface area contributed by atoms with Gasteiger partial charge >= 0.3 is 0 Å². The van der Waals surface area contributed by atoms with Crippen LogP contribution in [0, 0.1) is 5.92 Å². The molecule has 1 amide bonds. The Labute approximate surface area is 165 Å². The van der Waals surface area contributed by atoms with Crippen LogP contribution < -0.4 is 5.32 Å². The molecular weight excluding hydrogens is 380 g/mol. The summed E-state index contributed by atoms with van der Waals surface area (Å²) in [5.74, 6) is -0.479. The minimum absolute atomic E-state index is 0.0298. The van der Waals surface area contributed by atoms with E-state index in [9.17, 15) is 13.2 Å². The molecule has 1 aliphatic heterocycles. The summed E-state index contributed by atoms with van der Waals surface area (Å²) in [5.41, 5.74) is 1.51. The molecule has 0 aliphatic carbocycles. The second kappa shape index (κ2) is 8.91. The van der Waals surface area contributed by atoms with Crippen molar-refractivity contribution in [1.29, 1.82) is 0 Å². The lowest BCUT2D eigenvalue weighted by molar-refractivity contribution is -0.120. The Kier molecular flexibility index (Phi) is 6.57. The molecule has 1 heterocycles. The van der Waals surface area contributed by atoms with Crippen LogP contribution in [0.4, 0.5) is 5.69 Å². The lowest BCUT2D eigenvalue weighted by Gasteiger charge is -2.31. The van der Waals surface area contributed by atoms with Gasteiger partial charge in [0.25, 0.3) is 0 Å². The zero-order chi connectivity index (χ0) is 19.3. The third kappa shape index (κ3) is 5.34. The van der Waals surface area contributed by atoms with Gasteiger partial charge in [0.05, 0.1) is 11.7 Å². The fraction of sp³-hybridized carbons (Fsp3) is 0.350. The van der Waals surface area contributed by atoms with Crippen LogP contribution >= 0.6 is 11.8 Å². The number of benzene rings is 2. The number of rotatable bonds is 6.